The summed E-state index contributed by atoms with van der Waals surface area (Å²) in [5.41, 5.74) is 7.21. The molecule has 0 saturated carbocycles. The standard InChI is InChI=1S/C15H18FN5/c1-11-10-14(19-15(17)18-11)21-8-6-20(7-9-21)13-5-3-2-4-12(13)16/h2-5,10H,6-9H2,1H3,(H2,17,18,19). The van der Waals surface area contributed by atoms with Gasteiger partial charge in [-0.3, -0.25) is 0 Å². The monoisotopic (exact) mass is 287 g/mol. The predicted molar refractivity (Wildman–Crippen MR) is 82.0 cm³/mol. The number of hydrogen-bond donors (Lipinski definition) is 1. The van der Waals surface area contributed by atoms with E-state index in [0.717, 1.165) is 37.7 Å². The first-order valence-electron chi connectivity index (χ1n) is 6.99. The van der Waals surface area contributed by atoms with Gasteiger partial charge in [0.1, 0.15) is 11.6 Å². The van der Waals surface area contributed by atoms with Gasteiger partial charge in [0.15, 0.2) is 0 Å². The first kappa shape index (κ1) is 13.6. The molecule has 3 rings (SSSR count). The fourth-order valence-corrected chi connectivity index (χ4v) is 2.62. The molecule has 6 heteroatoms. The van der Waals surface area contributed by atoms with Gasteiger partial charge in [-0.25, -0.2) is 9.37 Å². The number of hydrogen-bond acceptors (Lipinski definition) is 5. The summed E-state index contributed by atoms with van der Waals surface area (Å²) in [5, 5.41) is 0. The lowest BCUT2D eigenvalue weighted by atomic mass is 10.2. The molecule has 0 atom stereocenters. The van der Waals surface area contributed by atoms with Crippen molar-refractivity contribution in [1.82, 2.24) is 9.97 Å². The van der Waals surface area contributed by atoms with Gasteiger partial charge < -0.3 is 15.5 Å². The van der Waals surface area contributed by atoms with E-state index in [0.29, 0.717) is 11.6 Å². The van der Waals surface area contributed by atoms with Crippen molar-refractivity contribution < 1.29 is 4.39 Å². The molecule has 1 aliphatic heterocycles. The van der Waals surface area contributed by atoms with E-state index in [4.69, 9.17) is 5.73 Å². The molecule has 0 aliphatic carbocycles. The molecule has 1 fully saturated rings. The van der Waals surface area contributed by atoms with Gasteiger partial charge in [0, 0.05) is 37.9 Å². The second kappa shape index (κ2) is 5.55. The van der Waals surface area contributed by atoms with Crippen molar-refractivity contribution in [3.63, 3.8) is 0 Å². The number of piperazine rings is 1. The van der Waals surface area contributed by atoms with Crippen LogP contribution in [0.4, 0.5) is 21.8 Å². The third-order valence-electron chi connectivity index (χ3n) is 3.65. The summed E-state index contributed by atoms with van der Waals surface area (Å²) >= 11 is 0. The molecule has 0 spiro atoms. The highest BCUT2D eigenvalue weighted by Gasteiger charge is 2.20. The number of para-hydroxylation sites is 1. The number of nitrogens with two attached hydrogens (primary N) is 1. The van der Waals surface area contributed by atoms with Gasteiger partial charge in [-0.05, 0) is 19.1 Å². The minimum atomic E-state index is -0.173. The molecule has 21 heavy (non-hydrogen) atoms. The Morgan fingerprint density at radius 3 is 2.38 bits per heavy atom. The van der Waals surface area contributed by atoms with Crippen molar-refractivity contribution in [2.45, 2.75) is 6.92 Å². The molecule has 2 N–H and O–H groups in total. The van der Waals surface area contributed by atoms with Crippen LogP contribution < -0.4 is 15.5 Å². The van der Waals surface area contributed by atoms with E-state index in [9.17, 15) is 4.39 Å². The van der Waals surface area contributed by atoms with Gasteiger partial charge in [-0.2, -0.15) is 4.98 Å². The lowest BCUT2D eigenvalue weighted by molar-refractivity contribution is 0.596. The number of rotatable bonds is 2. The molecule has 0 amide bonds. The van der Waals surface area contributed by atoms with Crippen LogP contribution >= 0.6 is 0 Å². The average Bonchev–Trinajstić information content (AvgIpc) is 2.47. The van der Waals surface area contributed by atoms with Crippen molar-refractivity contribution >= 4 is 17.5 Å². The molecule has 2 heterocycles. The van der Waals surface area contributed by atoms with Crippen LogP contribution in [0.1, 0.15) is 5.69 Å². The van der Waals surface area contributed by atoms with Crippen LogP contribution in [0.2, 0.25) is 0 Å². The third-order valence-corrected chi connectivity index (χ3v) is 3.65. The number of benzene rings is 1. The molecule has 5 nitrogen and oxygen atoms in total. The SMILES string of the molecule is Cc1cc(N2CCN(c3ccccc3F)CC2)nc(N)n1. The van der Waals surface area contributed by atoms with Crippen LogP contribution in [-0.2, 0) is 0 Å². The van der Waals surface area contributed by atoms with Crippen LogP contribution in [0.25, 0.3) is 0 Å². The number of aromatic nitrogens is 2. The molecule has 1 aromatic carbocycles. The topological polar surface area (TPSA) is 58.3 Å². The highest BCUT2D eigenvalue weighted by atomic mass is 19.1. The Balaban J connectivity index is 1.72. The van der Waals surface area contributed by atoms with E-state index in [2.05, 4.69) is 19.8 Å². The number of anilines is 3. The second-order valence-corrected chi connectivity index (χ2v) is 5.15. The molecule has 110 valence electrons. The molecule has 2 aromatic rings. The Morgan fingerprint density at radius 1 is 1.05 bits per heavy atom. The first-order chi connectivity index (χ1) is 10.1. The highest BCUT2D eigenvalue weighted by Crippen LogP contribution is 2.22. The van der Waals surface area contributed by atoms with Crippen LogP contribution in [0, 0.1) is 12.7 Å². The maximum Gasteiger partial charge on any atom is 0.222 e. The average molecular weight is 287 g/mol. The smallest absolute Gasteiger partial charge is 0.222 e. The maximum absolute atomic E-state index is 13.8. The predicted octanol–water partition coefficient (Wildman–Crippen LogP) is 1.83. The summed E-state index contributed by atoms with van der Waals surface area (Å²) in [7, 11) is 0. The summed E-state index contributed by atoms with van der Waals surface area (Å²) in [5.74, 6) is 0.961. The Kier molecular flexibility index (Phi) is 3.60. The third kappa shape index (κ3) is 2.89. The van der Waals surface area contributed by atoms with Crippen molar-refractivity contribution in [2.24, 2.45) is 0 Å². The van der Waals surface area contributed by atoms with E-state index in [-0.39, 0.29) is 5.82 Å². The molecule has 1 aromatic heterocycles. The number of aryl methyl sites for hydroxylation is 1. The van der Waals surface area contributed by atoms with Gasteiger partial charge in [-0.15, -0.1) is 0 Å². The van der Waals surface area contributed by atoms with E-state index in [1.807, 2.05) is 25.1 Å². The zero-order chi connectivity index (χ0) is 14.8. The van der Waals surface area contributed by atoms with Crippen molar-refractivity contribution in [1.29, 1.82) is 0 Å². The second-order valence-electron chi connectivity index (χ2n) is 5.15. The molecule has 0 bridgehead atoms. The minimum absolute atomic E-state index is 0.173. The number of nitrogens with zero attached hydrogens (tertiary/aromatic N) is 4. The molecule has 1 aliphatic rings. The first-order valence-corrected chi connectivity index (χ1v) is 6.99. The van der Waals surface area contributed by atoms with Gasteiger partial charge in [0.25, 0.3) is 0 Å². The Bertz CT molecular complexity index is 617. The minimum Gasteiger partial charge on any atom is -0.368 e. The normalized spacial score (nSPS) is 15.3. The fourth-order valence-electron chi connectivity index (χ4n) is 2.62. The van der Waals surface area contributed by atoms with E-state index in [1.54, 1.807) is 6.07 Å². The molecule has 0 radical (unpaired) electrons. The van der Waals surface area contributed by atoms with Gasteiger partial charge in [-0.1, -0.05) is 12.1 Å². The van der Waals surface area contributed by atoms with Gasteiger partial charge >= 0.3 is 0 Å². The van der Waals surface area contributed by atoms with E-state index >= 15 is 0 Å². The van der Waals surface area contributed by atoms with Crippen molar-refractivity contribution in [3.05, 3.63) is 41.8 Å². The Labute approximate surface area is 123 Å². The van der Waals surface area contributed by atoms with Gasteiger partial charge in [0.2, 0.25) is 5.95 Å². The van der Waals surface area contributed by atoms with Crippen LogP contribution in [-0.4, -0.2) is 36.1 Å². The van der Waals surface area contributed by atoms with Crippen LogP contribution in [0.5, 0.6) is 0 Å². The zero-order valence-corrected chi connectivity index (χ0v) is 12.0. The summed E-state index contributed by atoms with van der Waals surface area (Å²) in [6.45, 7) is 4.97. The summed E-state index contributed by atoms with van der Waals surface area (Å²) in [4.78, 5) is 12.6. The lowest BCUT2D eigenvalue weighted by Crippen LogP contribution is -2.47. The van der Waals surface area contributed by atoms with E-state index in [1.165, 1.54) is 6.07 Å². The van der Waals surface area contributed by atoms with Crippen molar-refractivity contribution in [2.75, 3.05) is 41.7 Å². The molecule has 0 unspecified atom stereocenters. The van der Waals surface area contributed by atoms with Gasteiger partial charge in [0.05, 0.1) is 5.69 Å². The lowest BCUT2D eigenvalue weighted by Gasteiger charge is -2.36. The summed E-state index contributed by atoms with van der Waals surface area (Å²) in [6, 6.07) is 8.81. The molecule has 1 saturated heterocycles. The van der Waals surface area contributed by atoms with Crippen LogP contribution in [0.15, 0.2) is 30.3 Å². The highest BCUT2D eigenvalue weighted by molar-refractivity contribution is 5.51. The summed E-state index contributed by atoms with van der Waals surface area (Å²) in [6.07, 6.45) is 0. The maximum atomic E-state index is 13.8. The quantitative estimate of drug-likeness (QED) is 0.913. The fraction of sp³-hybridized carbons (Fsp3) is 0.333. The van der Waals surface area contributed by atoms with E-state index < -0.39 is 0 Å². The summed E-state index contributed by atoms with van der Waals surface area (Å²) < 4.78 is 13.8. The molecular formula is C15H18FN5. The Hall–Kier alpha value is -2.37. The number of halogens is 1. The largest absolute Gasteiger partial charge is 0.368 e. The van der Waals surface area contributed by atoms with Crippen LogP contribution in [0.3, 0.4) is 0 Å². The zero-order valence-electron chi connectivity index (χ0n) is 12.0. The number of nitrogen functional groups attached to an aromatic ring is 1. The van der Waals surface area contributed by atoms with Crippen molar-refractivity contribution in [3.8, 4) is 0 Å². The Morgan fingerprint density at radius 2 is 1.71 bits per heavy atom. The molecular weight excluding hydrogens is 269 g/mol.